The van der Waals surface area contributed by atoms with Crippen molar-refractivity contribution in [2.45, 2.75) is 4.90 Å². The predicted molar refractivity (Wildman–Crippen MR) is 97.0 cm³/mol. The predicted octanol–water partition coefficient (Wildman–Crippen LogP) is 3.43. The highest BCUT2D eigenvalue weighted by molar-refractivity contribution is 7.91. The number of fused-ring (bicyclic) bond motifs is 1. The normalized spacial score (nSPS) is 12.0. The van der Waals surface area contributed by atoms with Crippen molar-refractivity contribution in [1.82, 2.24) is 0 Å². The number of aliphatic hydroxyl groups excluding tert-OH is 1. The first-order chi connectivity index (χ1) is 12.4. The van der Waals surface area contributed by atoms with Gasteiger partial charge >= 0.3 is 0 Å². The van der Waals surface area contributed by atoms with Gasteiger partial charge in [0.2, 0.25) is 0 Å². The first kappa shape index (κ1) is 17.8. The number of phenolic OH excluding ortho intramolecular Hbond substituents is 2. The van der Waals surface area contributed by atoms with E-state index in [9.17, 15) is 18.6 Å². The second-order valence-corrected chi connectivity index (χ2v) is 7.66. The maximum atomic E-state index is 12.0. The first-order valence-electron chi connectivity index (χ1n) is 7.71. The van der Waals surface area contributed by atoms with E-state index in [1.165, 1.54) is 24.3 Å². The van der Waals surface area contributed by atoms with Crippen molar-refractivity contribution in [2.24, 2.45) is 10.2 Å². The number of hydrogen-bond donors (Lipinski definition) is 3. The van der Waals surface area contributed by atoms with Gasteiger partial charge in [-0.2, -0.15) is 0 Å². The minimum absolute atomic E-state index is 0.0589. The van der Waals surface area contributed by atoms with Crippen LogP contribution in [0.4, 0.5) is 11.4 Å². The van der Waals surface area contributed by atoms with Gasteiger partial charge in [-0.25, -0.2) is 8.42 Å². The quantitative estimate of drug-likeness (QED) is 0.593. The van der Waals surface area contributed by atoms with Crippen molar-refractivity contribution in [3.05, 3.63) is 54.6 Å². The van der Waals surface area contributed by atoms with Gasteiger partial charge in [0.25, 0.3) is 0 Å². The lowest BCUT2D eigenvalue weighted by atomic mass is 10.1. The molecule has 0 aliphatic rings. The maximum absolute atomic E-state index is 12.0. The molecule has 134 valence electrons. The molecule has 3 aromatic rings. The molecule has 3 aromatic carbocycles. The van der Waals surface area contributed by atoms with Gasteiger partial charge in [0.15, 0.2) is 9.84 Å². The molecule has 8 heteroatoms. The fraction of sp³-hybridized carbons (Fsp3) is 0.111. The molecule has 0 heterocycles. The van der Waals surface area contributed by atoms with E-state index < -0.39 is 22.2 Å². The topological polar surface area (TPSA) is 120 Å². The number of azo groups is 1. The number of nitrogens with zero attached hydrogens (tertiary/aromatic N) is 2. The Labute approximate surface area is 149 Å². The summed E-state index contributed by atoms with van der Waals surface area (Å²) >= 11 is 0. The van der Waals surface area contributed by atoms with Gasteiger partial charge in [-0.15, -0.1) is 10.2 Å². The van der Waals surface area contributed by atoms with E-state index in [1.807, 2.05) is 12.1 Å². The van der Waals surface area contributed by atoms with Gasteiger partial charge in [-0.05, 0) is 29.7 Å². The second-order valence-electron chi connectivity index (χ2n) is 5.55. The molecule has 0 saturated carbocycles. The highest BCUT2D eigenvalue weighted by atomic mass is 32.2. The third-order valence-electron chi connectivity index (χ3n) is 3.80. The Balaban J connectivity index is 2.06. The molecule has 0 bridgehead atoms. The Morgan fingerprint density at radius 2 is 1.62 bits per heavy atom. The van der Waals surface area contributed by atoms with Crippen LogP contribution in [0.15, 0.2) is 69.7 Å². The minimum Gasteiger partial charge on any atom is -0.506 e. The summed E-state index contributed by atoms with van der Waals surface area (Å²) in [6.07, 6.45) is 0. The number of aromatic hydroxyl groups is 2. The van der Waals surface area contributed by atoms with Crippen LogP contribution in [-0.2, 0) is 9.84 Å². The Morgan fingerprint density at radius 1 is 0.885 bits per heavy atom. The lowest BCUT2D eigenvalue weighted by molar-refractivity contribution is 0.319. The van der Waals surface area contributed by atoms with Gasteiger partial charge in [0, 0.05) is 5.39 Å². The molecule has 0 aliphatic heterocycles. The lowest BCUT2D eigenvalue weighted by Gasteiger charge is -2.06. The number of sulfone groups is 1. The van der Waals surface area contributed by atoms with E-state index in [4.69, 9.17) is 5.11 Å². The maximum Gasteiger partial charge on any atom is 0.180 e. The third-order valence-corrected chi connectivity index (χ3v) is 5.50. The summed E-state index contributed by atoms with van der Waals surface area (Å²) in [6, 6.07) is 14.1. The number of aliphatic hydroxyl groups is 1. The molecule has 0 radical (unpaired) electrons. The Morgan fingerprint density at radius 3 is 2.38 bits per heavy atom. The van der Waals surface area contributed by atoms with Crippen LogP contribution in [0.1, 0.15) is 0 Å². The van der Waals surface area contributed by atoms with E-state index in [0.29, 0.717) is 5.39 Å². The van der Waals surface area contributed by atoms with E-state index >= 15 is 0 Å². The smallest absolute Gasteiger partial charge is 0.180 e. The van der Waals surface area contributed by atoms with Crippen LogP contribution >= 0.6 is 0 Å². The molecule has 0 aliphatic carbocycles. The van der Waals surface area contributed by atoms with Crippen molar-refractivity contribution in [3.63, 3.8) is 0 Å². The second kappa shape index (κ2) is 7.11. The van der Waals surface area contributed by atoms with Crippen molar-refractivity contribution >= 4 is 32.0 Å². The average molecular weight is 372 g/mol. The number of phenols is 2. The number of rotatable bonds is 5. The van der Waals surface area contributed by atoms with E-state index in [1.54, 1.807) is 18.2 Å². The molecule has 26 heavy (non-hydrogen) atoms. The summed E-state index contributed by atoms with van der Waals surface area (Å²) in [6.45, 7) is -0.510. The standard InChI is InChI=1S/C18H16N2O5S/c21-9-10-26(24,25)13-6-8-16(22)15(11-13)19-20-18-14-4-2-1-3-12(14)5-7-17(18)23/h1-8,11,21-23H,9-10H2. The minimum atomic E-state index is -3.69. The third kappa shape index (κ3) is 3.51. The molecule has 0 unspecified atom stereocenters. The molecule has 0 spiro atoms. The van der Waals surface area contributed by atoms with Crippen molar-refractivity contribution in [2.75, 3.05) is 12.4 Å². The van der Waals surface area contributed by atoms with Crippen LogP contribution in [0.3, 0.4) is 0 Å². The Hall–Kier alpha value is -2.97. The van der Waals surface area contributed by atoms with Gasteiger partial charge in [-0.1, -0.05) is 30.3 Å². The SMILES string of the molecule is O=S(=O)(CCO)c1ccc(O)c(N=Nc2c(O)ccc3ccccc23)c1. The van der Waals surface area contributed by atoms with Gasteiger partial charge < -0.3 is 15.3 Å². The highest BCUT2D eigenvalue weighted by Crippen LogP contribution is 2.37. The fourth-order valence-electron chi connectivity index (χ4n) is 2.47. The van der Waals surface area contributed by atoms with E-state index in [0.717, 1.165) is 5.39 Å². The zero-order chi connectivity index (χ0) is 18.7. The summed E-state index contributed by atoms with van der Waals surface area (Å²) in [7, 11) is -3.69. The molecule has 3 N–H and O–H groups in total. The lowest BCUT2D eigenvalue weighted by Crippen LogP contribution is -2.09. The number of hydrogen-bond acceptors (Lipinski definition) is 7. The zero-order valence-electron chi connectivity index (χ0n) is 13.6. The van der Waals surface area contributed by atoms with Gasteiger partial charge in [-0.3, -0.25) is 0 Å². The van der Waals surface area contributed by atoms with Crippen LogP contribution in [0.2, 0.25) is 0 Å². The Kier molecular flexibility index (Phi) is 4.88. The van der Waals surface area contributed by atoms with Gasteiger partial charge in [0.1, 0.15) is 22.9 Å². The van der Waals surface area contributed by atoms with Crippen molar-refractivity contribution < 1.29 is 23.7 Å². The van der Waals surface area contributed by atoms with E-state index in [2.05, 4.69) is 10.2 Å². The molecule has 0 saturated heterocycles. The van der Waals surface area contributed by atoms with Crippen LogP contribution < -0.4 is 0 Å². The van der Waals surface area contributed by atoms with Crippen molar-refractivity contribution in [3.8, 4) is 11.5 Å². The molecule has 0 fully saturated rings. The van der Waals surface area contributed by atoms with Crippen LogP contribution in [0.25, 0.3) is 10.8 Å². The number of benzene rings is 3. The summed E-state index contributed by atoms with van der Waals surface area (Å²) in [5.74, 6) is -0.772. The molecule has 0 atom stereocenters. The zero-order valence-corrected chi connectivity index (χ0v) is 14.4. The molecule has 0 aromatic heterocycles. The Bertz CT molecular complexity index is 1090. The van der Waals surface area contributed by atoms with Crippen molar-refractivity contribution in [1.29, 1.82) is 0 Å². The molecular formula is C18H16N2O5S. The molecular weight excluding hydrogens is 356 g/mol. The monoisotopic (exact) mass is 372 g/mol. The summed E-state index contributed by atoms with van der Waals surface area (Å²) in [4.78, 5) is -0.0829. The first-order valence-corrected chi connectivity index (χ1v) is 9.37. The largest absolute Gasteiger partial charge is 0.506 e. The van der Waals surface area contributed by atoms with Crippen LogP contribution in [0.5, 0.6) is 11.5 Å². The van der Waals surface area contributed by atoms with E-state index in [-0.39, 0.29) is 27.8 Å². The summed E-state index contributed by atoms with van der Waals surface area (Å²) in [5.41, 5.74) is 0.155. The average Bonchev–Trinajstić information content (AvgIpc) is 2.62. The van der Waals surface area contributed by atoms with Gasteiger partial charge in [0.05, 0.1) is 17.3 Å². The fourth-order valence-corrected chi connectivity index (χ4v) is 3.51. The summed E-state index contributed by atoms with van der Waals surface area (Å²) < 4.78 is 24.1. The van der Waals surface area contributed by atoms with Crippen LogP contribution in [-0.4, -0.2) is 36.1 Å². The summed E-state index contributed by atoms with van der Waals surface area (Å²) in [5, 5.41) is 38.3. The highest BCUT2D eigenvalue weighted by Gasteiger charge is 2.16. The molecule has 3 rings (SSSR count). The molecule has 7 nitrogen and oxygen atoms in total. The van der Waals surface area contributed by atoms with Crippen LogP contribution in [0, 0.1) is 0 Å². The molecule has 0 amide bonds.